The van der Waals surface area contributed by atoms with Crippen LogP contribution in [-0.2, 0) is 9.47 Å². The standard InChI is InChI=1S/C17H31NO2/c1-18-16-5-3-2-4-14(12-16)15-6-9-20-17(13-15)7-10-19-11-8-17/h14-16,18H,2-13H2,1H3. The predicted octanol–water partition coefficient (Wildman–Crippen LogP) is 3.13. The fourth-order valence-corrected chi connectivity index (χ4v) is 4.65. The number of rotatable bonds is 2. The summed E-state index contributed by atoms with van der Waals surface area (Å²) < 4.78 is 11.8. The molecule has 1 N–H and O–H groups in total. The van der Waals surface area contributed by atoms with E-state index in [1.807, 2.05) is 0 Å². The molecule has 3 fully saturated rings. The van der Waals surface area contributed by atoms with E-state index in [0.29, 0.717) is 0 Å². The largest absolute Gasteiger partial charge is 0.381 e. The van der Waals surface area contributed by atoms with Crippen LogP contribution in [0, 0.1) is 11.8 Å². The minimum absolute atomic E-state index is 0.169. The molecule has 3 heteroatoms. The van der Waals surface area contributed by atoms with Crippen LogP contribution in [0.4, 0.5) is 0 Å². The predicted molar refractivity (Wildman–Crippen MR) is 80.9 cm³/mol. The number of hydrogen-bond acceptors (Lipinski definition) is 3. The molecular weight excluding hydrogens is 250 g/mol. The Bertz CT molecular complexity index is 296. The van der Waals surface area contributed by atoms with Crippen molar-refractivity contribution >= 4 is 0 Å². The van der Waals surface area contributed by atoms with Crippen molar-refractivity contribution in [1.29, 1.82) is 0 Å². The minimum Gasteiger partial charge on any atom is -0.381 e. The van der Waals surface area contributed by atoms with E-state index in [1.54, 1.807) is 0 Å². The summed E-state index contributed by atoms with van der Waals surface area (Å²) in [6.45, 7) is 2.78. The topological polar surface area (TPSA) is 30.5 Å². The zero-order valence-corrected chi connectivity index (χ0v) is 13.0. The highest BCUT2D eigenvalue weighted by molar-refractivity contribution is 4.92. The zero-order chi connectivity index (χ0) is 13.8. The van der Waals surface area contributed by atoms with Crippen molar-refractivity contribution in [3.05, 3.63) is 0 Å². The maximum absolute atomic E-state index is 6.22. The molecule has 2 heterocycles. The van der Waals surface area contributed by atoms with Gasteiger partial charge in [0.15, 0.2) is 0 Å². The number of nitrogens with one attached hydrogen (secondary N) is 1. The van der Waals surface area contributed by atoms with Crippen molar-refractivity contribution in [2.75, 3.05) is 26.9 Å². The second-order valence-corrected chi connectivity index (χ2v) is 7.16. The Hall–Kier alpha value is -0.120. The van der Waals surface area contributed by atoms with Crippen molar-refractivity contribution < 1.29 is 9.47 Å². The third kappa shape index (κ3) is 3.37. The van der Waals surface area contributed by atoms with E-state index < -0.39 is 0 Å². The molecule has 1 aliphatic carbocycles. The molecule has 1 saturated carbocycles. The van der Waals surface area contributed by atoms with Crippen LogP contribution < -0.4 is 5.32 Å². The summed E-state index contributed by atoms with van der Waals surface area (Å²) in [5.74, 6) is 1.80. The van der Waals surface area contributed by atoms with Crippen LogP contribution in [0.3, 0.4) is 0 Å². The fraction of sp³-hybridized carbons (Fsp3) is 1.00. The molecule has 0 amide bonds. The third-order valence-corrected chi connectivity index (χ3v) is 5.97. The summed E-state index contributed by atoms with van der Waals surface area (Å²) in [5, 5.41) is 3.53. The average Bonchev–Trinajstić information content (AvgIpc) is 2.73. The number of ether oxygens (including phenoxy) is 2. The second-order valence-electron chi connectivity index (χ2n) is 7.16. The molecule has 0 aromatic rings. The van der Waals surface area contributed by atoms with Gasteiger partial charge in [-0.2, -0.15) is 0 Å². The lowest BCUT2D eigenvalue weighted by Crippen LogP contribution is -2.46. The Morgan fingerprint density at radius 1 is 0.950 bits per heavy atom. The van der Waals surface area contributed by atoms with Crippen molar-refractivity contribution in [2.45, 2.75) is 69.4 Å². The molecular formula is C17H31NO2. The minimum atomic E-state index is 0.169. The lowest BCUT2D eigenvalue weighted by molar-refractivity contribution is -0.153. The van der Waals surface area contributed by atoms with Crippen molar-refractivity contribution in [1.82, 2.24) is 5.32 Å². The van der Waals surface area contributed by atoms with Gasteiger partial charge in [0.2, 0.25) is 0 Å². The fourth-order valence-electron chi connectivity index (χ4n) is 4.65. The van der Waals surface area contributed by atoms with Gasteiger partial charge in [-0.05, 0) is 57.4 Å². The summed E-state index contributed by atoms with van der Waals surface area (Å²) in [6.07, 6.45) is 11.8. The van der Waals surface area contributed by atoms with Crippen molar-refractivity contribution in [2.24, 2.45) is 11.8 Å². The lowest BCUT2D eigenvalue weighted by Gasteiger charge is -2.45. The molecule has 20 heavy (non-hydrogen) atoms. The van der Waals surface area contributed by atoms with Gasteiger partial charge in [0.05, 0.1) is 5.60 Å². The first kappa shape index (κ1) is 14.8. The van der Waals surface area contributed by atoms with Gasteiger partial charge in [-0.3, -0.25) is 0 Å². The molecule has 3 aliphatic rings. The molecule has 2 saturated heterocycles. The van der Waals surface area contributed by atoms with E-state index >= 15 is 0 Å². The highest BCUT2D eigenvalue weighted by Gasteiger charge is 2.41. The third-order valence-electron chi connectivity index (χ3n) is 5.97. The van der Waals surface area contributed by atoms with Gasteiger partial charge in [-0.15, -0.1) is 0 Å². The van der Waals surface area contributed by atoms with E-state index in [-0.39, 0.29) is 5.60 Å². The Morgan fingerprint density at radius 3 is 2.55 bits per heavy atom. The van der Waals surface area contributed by atoms with E-state index in [0.717, 1.165) is 50.5 Å². The molecule has 0 aromatic carbocycles. The van der Waals surface area contributed by atoms with Crippen molar-refractivity contribution in [3.8, 4) is 0 Å². The maximum atomic E-state index is 6.22. The van der Waals surface area contributed by atoms with Crippen LogP contribution in [0.2, 0.25) is 0 Å². The van der Waals surface area contributed by atoms with E-state index in [9.17, 15) is 0 Å². The Kier molecular flexibility index (Phi) is 5.00. The first-order valence-electron chi connectivity index (χ1n) is 8.70. The first-order valence-corrected chi connectivity index (χ1v) is 8.70. The molecule has 3 atom stereocenters. The van der Waals surface area contributed by atoms with E-state index in [4.69, 9.17) is 9.47 Å². The van der Waals surface area contributed by atoms with Crippen LogP contribution in [0.15, 0.2) is 0 Å². The quantitative estimate of drug-likeness (QED) is 0.789. The monoisotopic (exact) mass is 281 g/mol. The molecule has 3 nitrogen and oxygen atoms in total. The molecule has 0 radical (unpaired) electrons. The Balaban J connectivity index is 1.63. The molecule has 0 aromatic heterocycles. The Labute approximate surface area is 123 Å². The maximum Gasteiger partial charge on any atom is 0.0729 e. The molecule has 3 rings (SSSR count). The van der Waals surface area contributed by atoms with Gasteiger partial charge >= 0.3 is 0 Å². The molecule has 0 bridgehead atoms. The van der Waals surface area contributed by atoms with Crippen LogP contribution in [0.5, 0.6) is 0 Å². The lowest BCUT2D eigenvalue weighted by atomic mass is 9.73. The van der Waals surface area contributed by atoms with Crippen LogP contribution >= 0.6 is 0 Å². The van der Waals surface area contributed by atoms with Gasteiger partial charge < -0.3 is 14.8 Å². The van der Waals surface area contributed by atoms with E-state index in [2.05, 4.69) is 12.4 Å². The van der Waals surface area contributed by atoms with Gasteiger partial charge in [-0.25, -0.2) is 0 Å². The van der Waals surface area contributed by atoms with Crippen LogP contribution in [0.1, 0.15) is 57.8 Å². The first-order chi connectivity index (χ1) is 9.81. The molecule has 3 unspecified atom stereocenters. The summed E-state index contributed by atoms with van der Waals surface area (Å²) in [5.41, 5.74) is 0.169. The average molecular weight is 281 g/mol. The zero-order valence-electron chi connectivity index (χ0n) is 13.0. The molecule has 116 valence electrons. The molecule has 2 aliphatic heterocycles. The van der Waals surface area contributed by atoms with Gasteiger partial charge in [-0.1, -0.05) is 19.3 Å². The highest BCUT2D eigenvalue weighted by atomic mass is 16.5. The highest BCUT2D eigenvalue weighted by Crippen LogP contribution is 2.43. The van der Waals surface area contributed by atoms with E-state index in [1.165, 1.54) is 44.9 Å². The molecule has 1 spiro atoms. The number of hydrogen-bond donors (Lipinski definition) is 1. The summed E-state index contributed by atoms with van der Waals surface area (Å²) >= 11 is 0. The van der Waals surface area contributed by atoms with Crippen molar-refractivity contribution in [3.63, 3.8) is 0 Å². The van der Waals surface area contributed by atoms with Gasteiger partial charge in [0.25, 0.3) is 0 Å². The van der Waals surface area contributed by atoms with Crippen LogP contribution in [0.25, 0.3) is 0 Å². The summed E-state index contributed by atoms with van der Waals surface area (Å²) in [6, 6.07) is 0.746. The summed E-state index contributed by atoms with van der Waals surface area (Å²) in [4.78, 5) is 0. The SMILES string of the molecule is CNC1CCCCC(C2CCOC3(CCOCC3)C2)C1. The smallest absolute Gasteiger partial charge is 0.0729 e. The normalized spacial score (nSPS) is 38.5. The van der Waals surface area contributed by atoms with Gasteiger partial charge in [0, 0.05) is 25.9 Å². The van der Waals surface area contributed by atoms with Crippen LogP contribution in [-0.4, -0.2) is 38.5 Å². The second kappa shape index (κ2) is 6.76. The van der Waals surface area contributed by atoms with Gasteiger partial charge in [0.1, 0.15) is 0 Å². The Morgan fingerprint density at radius 2 is 1.75 bits per heavy atom. The summed E-state index contributed by atoms with van der Waals surface area (Å²) in [7, 11) is 2.14.